The van der Waals surface area contributed by atoms with Crippen molar-refractivity contribution in [1.82, 2.24) is 9.55 Å². The average molecular weight is 423 g/mol. The number of nitrogens with zero attached hydrogens (tertiary/aromatic N) is 2. The predicted molar refractivity (Wildman–Crippen MR) is 138 cm³/mol. The first-order valence-electron chi connectivity index (χ1n) is 12.7. The van der Waals surface area contributed by atoms with Crippen molar-refractivity contribution in [3.63, 3.8) is 0 Å². The zero-order valence-corrected chi connectivity index (χ0v) is 18.8. The zero-order valence-electron chi connectivity index (χ0n) is 22.8. The van der Waals surface area contributed by atoms with Gasteiger partial charge in [-0.25, -0.2) is 4.98 Å². The fourth-order valence-corrected chi connectivity index (χ4v) is 3.88. The Balaban J connectivity index is 2.01. The lowest BCUT2D eigenvalue weighted by Gasteiger charge is -2.17. The maximum absolute atomic E-state index is 8.75. The molecule has 0 aliphatic carbocycles. The maximum Gasteiger partial charge on any atom is 0.145 e. The first-order chi connectivity index (χ1) is 17.0. The van der Waals surface area contributed by atoms with Crippen molar-refractivity contribution in [2.24, 2.45) is 0 Å². The summed E-state index contributed by atoms with van der Waals surface area (Å²) in [5.41, 5.74) is 5.65. The van der Waals surface area contributed by atoms with Gasteiger partial charge in [-0.3, -0.25) is 4.57 Å². The number of hydrogen-bond acceptors (Lipinski definition) is 1. The molecule has 0 aliphatic rings. The van der Waals surface area contributed by atoms with Crippen LogP contribution in [-0.4, -0.2) is 9.55 Å². The lowest BCUT2D eigenvalue weighted by molar-refractivity contribution is 0.851. The number of aryl methyl sites for hydroxylation is 1. The smallest absolute Gasteiger partial charge is 0.145 e. The van der Waals surface area contributed by atoms with Gasteiger partial charge in [0.25, 0.3) is 0 Å². The summed E-state index contributed by atoms with van der Waals surface area (Å²) in [5.74, 6) is -0.155. The zero-order chi connectivity index (χ0) is 26.1. The number of fused-ring (bicyclic) bond motifs is 1. The van der Waals surface area contributed by atoms with E-state index in [1.807, 2.05) is 99.7 Å². The van der Waals surface area contributed by atoms with Crippen molar-refractivity contribution in [3.05, 3.63) is 114 Å². The molecule has 0 aliphatic heterocycles. The molecule has 0 spiro atoms. The Morgan fingerprint density at radius 3 is 2.62 bits per heavy atom. The van der Waals surface area contributed by atoms with E-state index >= 15 is 0 Å². The van der Waals surface area contributed by atoms with Crippen LogP contribution in [0.4, 0.5) is 0 Å². The summed E-state index contributed by atoms with van der Waals surface area (Å²) in [4.78, 5) is 4.95. The quantitative estimate of drug-likeness (QED) is 0.286. The molecule has 2 heteroatoms. The molecule has 2 nitrogen and oxygen atoms in total. The van der Waals surface area contributed by atoms with Crippen molar-refractivity contribution in [2.75, 3.05) is 0 Å². The van der Waals surface area contributed by atoms with Gasteiger partial charge in [-0.15, -0.1) is 0 Å². The molecule has 1 heterocycles. The summed E-state index contributed by atoms with van der Waals surface area (Å²) < 4.78 is 35.0. The van der Waals surface area contributed by atoms with Crippen LogP contribution in [0.25, 0.3) is 33.7 Å². The number of allylic oxidation sites excluding steroid dienone is 5. The van der Waals surface area contributed by atoms with E-state index < -0.39 is 12.7 Å². The summed E-state index contributed by atoms with van der Waals surface area (Å²) in [7, 11) is 0. The Labute approximate surface area is 196 Å². The molecule has 0 N–H and O–H groups in total. The van der Waals surface area contributed by atoms with Gasteiger partial charge in [0, 0.05) is 11.0 Å². The second-order valence-electron chi connectivity index (χ2n) is 7.95. The molecule has 0 atom stereocenters. The SMILES string of the molecule is [2H]C([2H])([2H])c1ccc(-c2nc3ccccc3n2-c2ccccc2C([2H])(C)C)cc1C(=C)/C=C\C=C/C. The average Bonchev–Trinajstić information content (AvgIpc) is 3.22. The van der Waals surface area contributed by atoms with Crippen molar-refractivity contribution in [1.29, 1.82) is 0 Å². The van der Waals surface area contributed by atoms with E-state index in [2.05, 4.69) is 11.1 Å². The minimum Gasteiger partial charge on any atom is -0.292 e. The second kappa shape index (κ2) is 9.23. The van der Waals surface area contributed by atoms with E-state index in [4.69, 9.17) is 10.5 Å². The fraction of sp³-hybridized carbons (Fsp3) is 0.167. The minimum atomic E-state index is -2.28. The molecular formula is C30H30N2. The molecule has 160 valence electrons. The van der Waals surface area contributed by atoms with E-state index in [1.165, 1.54) is 0 Å². The van der Waals surface area contributed by atoms with Gasteiger partial charge in [0.2, 0.25) is 0 Å². The summed E-state index contributed by atoms with van der Waals surface area (Å²) in [6, 6.07) is 21.1. The lowest BCUT2D eigenvalue weighted by atomic mass is 9.98. The van der Waals surface area contributed by atoms with Gasteiger partial charge in [-0.2, -0.15) is 0 Å². The third-order valence-electron chi connectivity index (χ3n) is 5.47. The van der Waals surface area contributed by atoms with Crippen molar-refractivity contribution < 1.29 is 5.48 Å². The van der Waals surface area contributed by atoms with E-state index in [0.29, 0.717) is 17.0 Å². The van der Waals surface area contributed by atoms with Crippen LogP contribution in [0.5, 0.6) is 0 Å². The Hall–Kier alpha value is -3.65. The summed E-state index contributed by atoms with van der Waals surface area (Å²) in [6.45, 7) is 7.53. The molecule has 0 unspecified atom stereocenters. The lowest BCUT2D eigenvalue weighted by Crippen LogP contribution is -2.03. The van der Waals surface area contributed by atoms with Crippen LogP contribution < -0.4 is 0 Å². The van der Waals surface area contributed by atoms with Gasteiger partial charge in [-0.1, -0.05) is 87.2 Å². The Bertz CT molecular complexity index is 1480. The van der Waals surface area contributed by atoms with Crippen LogP contribution in [0.3, 0.4) is 0 Å². The Kier molecular flexibility index (Phi) is 4.90. The summed E-state index contributed by atoms with van der Waals surface area (Å²) in [6.07, 6.45) is 7.44. The molecule has 0 saturated carbocycles. The highest BCUT2D eigenvalue weighted by Crippen LogP contribution is 2.34. The second-order valence-corrected chi connectivity index (χ2v) is 7.95. The van der Waals surface area contributed by atoms with Gasteiger partial charge in [0.15, 0.2) is 0 Å². The van der Waals surface area contributed by atoms with Crippen LogP contribution in [0.1, 0.15) is 48.8 Å². The molecule has 3 aromatic carbocycles. The molecule has 4 rings (SSSR count). The Morgan fingerprint density at radius 2 is 1.84 bits per heavy atom. The van der Waals surface area contributed by atoms with Crippen molar-refractivity contribution in [2.45, 2.75) is 33.5 Å². The number of hydrogen-bond donors (Lipinski definition) is 0. The molecule has 0 bridgehead atoms. The van der Waals surface area contributed by atoms with E-state index in [-0.39, 0.29) is 5.56 Å². The molecule has 32 heavy (non-hydrogen) atoms. The highest BCUT2D eigenvalue weighted by atomic mass is 15.1. The Morgan fingerprint density at radius 1 is 1.06 bits per heavy atom. The van der Waals surface area contributed by atoms with Crippen LogP contribution in [0.2, 0.25) is 0 Å². The predicted octanol–water partition coefficient (Wildman–Crippen LogP) is 8.27. The third kappa shape index (κ3) is 4.09. The fourth-order valence-electron chi connectivity index (χ4n) is 3.88. The van der Waals surface area contributed by atoms with Gasteiger partial charge < -0.3 is 0 Å². The highest BCUT2D eigenvalue weighted by molar-refractivity contribution is 5.85. The number of aromatic nitrogens is 2. The molecule has 1 aromatic heterocycles. The maximum atomic E-state index is 8.75. The first kappa shape index (κ1) is 17.0. The van der Waals surface area contributed by atoms with Crippen LogP contribution in [-0.2, 0) is 0 Å². The van der Waals surface area contributed by atoms with Gasteiger partial charge >= 0.3 is 0 Å². The van der Waals surface area contributed by atoms with E-state index in [0.717, 1.165) is 27.8 Å². The topological polar surface area (TPSA) is 17.8 Å². The largest absolute Gasteiger partial charge is 0.292 e. The molecule has 0 radical (unpaired) electrons. The highest BCUT2D eigenvalue weighted by Gasteiger charge is 2.18. The number of imidazole rings is 1. The van der Waals surface area contributed by atoms with Crippen LogP contribution in [0.15, 0.2) is 97.6 Å². The molecule has 4 aromatic rings. The van der Waals surface area contributed by atoms with E-state index in [1.54, 1.807) is 12.1 Å². The molecular weight excluding hydrogens is 388 g/mol. The standard InChI is InChI=1S/C30H30N2/c1-6-7-8-13-22(4)26-20-24(19-18-23(26)5)30-31-27-15-10-12-17-29(27)32(30)28-16-11-9-14-25(28)21(2)3/h6-21H,4H2,1-3,5H3/b7-6-,13-8-/i5D3,21D. The summed E-state index contributed by atoms with van der Waals surface area (Å²) in [5, 5.41) is 0. The van der Waals surface area contributed by atoms with Crippen LogP contribution >= 0.6 is 0 Å². The number of para-hydroxylation sites is 3. The third-order valence-corrected chi connectivity index (χ3v) is 5.47. The number of benzene rings is 3. The monoisotopic (exact) mass is 422 g/mol. The van der Waals surface area contributed by atoms with Gasteiger partial charge in [0.05, 0.1) is 16.7 Å². The molecule has 0 saturated heterocycles. The van der Waals surface area contributed by atoms with Gasteiger partial charge in [-0.05, 0) is 66.2 Å². The van der Waals surface area contributed by atoms with Crippen LogP contribution in [0, 0.1) is 6.85 Å². The first-order valence-corrected chi connectivity index (χ1v) is 10.7. The van der Waals surface area contributed by atoms with Gasteiger partial charge in [0.1, 0.15) is 5.82 Å². The number of rotatable bonds is 6. The van der Waals surface area contributed by atoms with E-state index in [9.17, 15) is 0 Å². The normalized spacial score (nSPS) is 14.5. The molecule has 0 amide bonds. The summed E-state index contributed by atoms with van der Waals surface area (Å²) >= 11 is 0. The van der Waals surface area contributed by atoms with Crippen molar-refractivity contribution >= 4 is 16.6 Å². The molecule has 0 fully saturated rings. The minimum absolute atomic E-state index is 0.247. The van der Waals surface area contributed by atoms with Crippen molar-refractivity contribution in [3.8, 4) is 17.1 Å².